The van der Waals surface area contributed by atoms with Gasteiger partial charge in [0.1, 0.15) is 5.78 Å². The van der Waals surface area contributed by atoms with Gasteiger partial charge >= 0.3 is 0 Å². The molecule has 0 aromatic heterocycles. The number of hydrogen-bond donors (Lipinski definition) is 0. The Morgan fingerprint density at radius 2 is 1.76 bits per heavy atom. The lowest BCUT2D eigenvalue weighted by Gasteiger charge is -2.61. The molecule has 4 aliphatic rings. The molecule has 0 radical (unpaired) electrons. The number of benzene rings is 1. The largest absolute Gasteiger partial charge is 0.299 e. The molecule has 1 aromatic carbocycles. The van der Waals surface area contributed by atoms with Crippen LogP contribution in [0.25, 0.3) is 0 Å². The highest BCUT2D eigenvalue weighted by Gasteiger charge is 2.70. The molecule has 0 heterocycles. The molecule has 6 atom stereocenters. The molecule has 5 rings (SSSR count). The molecular weight excluding hydrogens is 256 g/mol. The third kappa shape index (κ3) is 1.50. The monoisotopic (exact) mass is 280 g/mol. The molecule has 0 aliphatic heterocycles. The van der Waals surface area contributed by atoms with Crippen LogP contribution < -0.4 is 0 Å². The van der Waals surface area contributed by atoms with E-state index in [1.807, 2.05) is 0 Å². The summed E-state index contributed by atoms with van der Waals surface area (Å²) in [5, 5.41) is 0. The van der Waals surface area contributed by atoms with Crippen molar-refractivity contribution in [2.45, 2.75) is 50.9 Å². The Labute approximate surface area is 127 Å². The van der Waals surface area contributed by atoms with Gasteiger partial charge in [-0.25, -0.2) is 0 Å². The lowest BCUT2D eigenvalue weighted by Crippen LogP contribution is -2.60. The van der Waals surface area contributed by atoms with Crippen LogP contribution >= 0.6 is 0 Å². The predicted molar refractivity (Wildman–Crippen MR) is 82.9 cm³/mol. The summed E-state index contributed by atoms with van der Waals surface area (Å²) >= 11 is 0. The molecule has 110 valence electrons. The molecule has 21 heavy (non-hydrogen) atoms. The second-order valence-electron chi connectivity index (χ2n) is 7.96. The SMILES string of the molecule is O=C1CCC[C@H]2[C@H]([C@@H]3C[C@H]3c3ccccc3)[C@@H]3CCC[C@]123. The van der Waals surface area contributed by atoms with Gasteiger partial charge in [-0.05, 0) is 67.3 Å². The van der Waals surface area contributed by atoms with Crippen molar-refractivity contribution in [3.8, 4) is 0 Å². The molecule has 1 aromatic rings. The number of rotatable bonds is 2. The van der Waals surface area contributed by atoms with Crippen LogP contribution in [-0.4, -0.2) is 5.78 Å². The molecule has 4 saturated carbocycles. The standard InChI is InChI=1S/C20H24O/c21-18-10-4-8-16-19(17-9-5-11-20(16,17)18)15-12-14(15)13-6-2-1-3-7-13/h1-3,6-7,14-17,19H,4-5,8-12H2/t14-,15+,16-,17-,19-,20-/m0/s1. The van der Waals surface area contributed by atoms with Gasteiger partial charge in [-0.15, -0.1) is 0 Å². The number of hydrogen-bond acceptors (Lipinski definition) is 1. The molecule has 4 fully saturated rings. The van der Waals surface area contributed by atoms with Crippen molar-refractivity contribution in [1.82, 2.24) is 0 Å². The van der Waals surface area contributed by atoms with Crippen molar-refractivity contribution in [2.75, 3.05) is 0 Å². The summed E-state index contributed by atoms with van der Waals surface area (Å²) in [5.41, 5.74) is 1.72. The second-order valence-corrected chi connectivity index (χ2v) is 7.96. The third-order valence-electron chi connectivity index (χ3n) is 7.36. The highest BCUT2D eigenvalue weighted by atomic mass is 16.1. The van der Waals surface area contributed by atoms with E-state index >= 15 is 0 Å². The van der Waals surface area contributed by atoms with Crippen LogP contribution in [0, 0.1) is 29.1 Å². The number of Topliss-reactive ketones (excluding diaryl/α,β-unsaturated/α-hetero) is 1. The van der Waals surface area contributed by atoms with E-state index in [-0.39, 0.29) is 5.41 Å². The Kier molecular flexibility index (Phi) is 2.49. The van der Waals surface area contributed by atoms with Gasteiger partial charge in [0.05, 0.1) is 0 Å². The zero-order valence-electron chi connectivity index (χ0n) is 12.6. The maximum absolute atomic E-state index is 12.6. The maximum Gasteiger partial charge on any atom is 0.139 e. The quantitative estimate of drug-likeness (QED) is 0.775. The maximum atomic E-state index is 12.6. The Hall–Kier alpha value is -1.11. The van der Waals surface area contributed by atoms with E-state index in [9.17, 15) is 4.79 Å². The first-order valence-electron chi connectivity index (χ1n) is 8.90. The zero-order chi connectivity index (χ0) is 14.0. The van der Waals surface area contributed by atoms with Crippen LogP contribution in [0.1, 0.15) is 56.4 Å². The topological polar surface area (TPSA) is 17.1 Å². The summed E-state index contributed by atoms with van der Waals surface area (Å²) in [5.74, 6) is 4.72. The van der Waals surface area contributed by atoms with E-state index in [0.717, 1.165) is 42.4 Å². The summed E-state index contributed by atoms with van der Waals surface area (Å²) < 4.78 is 0. The Morgan fingerprint density at radius 1 is 1.00 bits per heavy atom. The van der Waals surface area contributed by atoms with Crippen LogP contribution in [0.4, 0.5) is 0 Å². The van der Waals surface area contributed by atoms with E-state index in [0.29, 0.717) is 5.78 Å². The molecule has 0 bridgehead atoms. The molecule has 0 saturated heterocycles. The summed E-state index contributed by atoms with van der Waals surface area (Å²) in [6, 6.07) is 11.1. The molecular formula is C20H24O. The average Bonchev–Trinajstić information content (AvgIpc) is 3.19. The summed E-state index contributed by atoms with van der Waals surface area (Å²) in [6.07, 6.45) is 8.64. The van der Waals surface area contributed by atoms with Crippen LogP contribution in [0.5, 0.6) is 0 Å². The van der Waals surface area contributed by atoms with E-state index < -0.39 is 0 Å². The van der Waals surface area contributed by atoms with Gasteiger partial charge in [-0.1, -0.05) is 36.8 Å². The first-order valence-corrected chi connectivity index (χ1v) is 8.90. The Bertz CT molecular complexity index is 577. The number of ketones is 1. The smallest absolute Gasteiger partial charge is 0.139 e. The summed E-state index contributed by atoms with van der Waals surface area (Å²) in [6.45, 7) is 0. The lowest BCUT2D eigenvalue weighted by molar-refractivity contribution is -0.170. The van der Waals surface area contributed by atoms with E-state index in [4.69, 9.17) is 0 Å². The zero-order valence-corrected chi connectivity index (χ0v) is 12.6. The van der Waals surface area contributed by atoms with Crippen molar-refractivity contribution in [2.24, 2.45) is 29.1 Å². The number of carbonyl (C=O) groups is 1. The fourth-order valence-electron chi connectivity index (χ4n) is 6.60. The van der Waals surface area contributed by atoms with Crippen LogP contribution in [-0.2, 0) is 4.79 Å². The fraction of sp³-hybridized carbons (Fsp3) is 0.650. The molecule has 1 spiro atoms. The predicted octanol–water partition coefficient (Wildman–Crippen LogP) is 4.58. The van der Waals surface area contributed by atoms with Crippen LogP contribution in [0.2, 0.25) is 0 Å². The van der Waals surface area contributed by atoms with E-state index in [2.05, 4.69) is 30.3 Å². The van der Waals surface area contributed by atoms with Gasteiger partial charge in [-0.3, -0.25) is 4.79 Å². The normalized spacial score (nSPS) is 47.4. The summed E-state index contributed by atoms with van der Waals surface area (Å²) in [7, 11) is 0. The van der Waals surface area contributed by atoms with Crippen molar-refractivity contribution in [3.05, 3.63) is 35.9 Å². The number of carbonyl (C=O) groups excluding carboxylic acids is 1. The van der Waals surface area contributed by atoms with Crippen molar-refractivity contribution in [3.63, 3.8) is 0 Å². The lowest BCUT2D eigenvalue weighted by atomic mass is 9.42. The van der Waals surface area contributed by atoms with Gasteiger partial charge in [0, 0.05) is 11.8 Å². The second kappa shape index (κ2) is 4.21. The molecule has 4 aliphatic carbocycles. The van der Waals surface area contributed by atoms with Gasteiger partial charge in [-0.2, -0.15) is 0 Å². The highest BCUT2D eigenvalue weighted by Crippen LogP contribution is 2.74. The first kappa shape index (κ1) is 12.4. The molecule has 0 unspecified atom stereocenters. The van der Waals surface area contributed by atoms with Crippen LogP contribution in [0.3, 0.4) is 0 Å². The molecule has 1 heteroatoms. The van der Waals surface area contributed by atoms with Crippen molar-refractivity contribution >= 4 is 5.78 Å². The Morgan fingerprint density at radius 3 is 2.57 bits per heavy atom. The fourth-order valence-corrected chi connectivity index (χ4v) is 6.60. The Balaban J connectivity index is 1.41. The van der Waals surface area contributed by atoms with Gasteiger partial charge in [0.25, 0.3) is 0 Å². The minimum Gasteiger partial charge on any atom is -0.299 e. The van der Waals surface area contributed by atoms with Gasteiger partial charge < -0.3 is 0 Å². The van der Waals surface area contributed by atoms with Crippen molar-refractivity contribution < 1.29 is 4.79 Å². The first-order chi connectivity index (χ1) is 10.3. The highest BCUT2D eigenvalue weighted by molar-refractivity contribution is 5.88. The van der Waals surface area contributed by atoms with Gasteiger partial charge in [0.15, 0.2) is 0 Å². The third-order valence-corrected chi connectivity index (χ3v) is 7.36. The minimum absolute atomic E-state index is 0.173. The minimum atomic E-state index is 0.173. The van der Waals surface area contributed by atoms with E-state index in [1.54, 1.807) is 5.56 Å². The molecule has 0 amide bonds. The summed E-state index contributed by atoms with van der Waals surface area (Å²) in [4.78, 5) is 12.6. The average molecular weight is 280 g/mol. The van der Waals surface area contributed by atoms with Crippen LogP contribution in [0.15, 0.2) is 30.3 Å². The van der Waals surface area contributed by atoms with E-state index in [1.165, 1.54) is 32.1 Å². The van der Waals surface area contributed by atoms with Gasteiger partial charge in [0.2, 0.25) is 0 Å². The molecule has 0 N–H and O–H groups in total. The molecule has 1 nitrogen and oxygen atoms in total. The van der Waals surface area contributed by atoms with Crippen molar-refractivity contribution in [1.29, 1.82) is 0 Å².